The van der Waals surface area contributed by atoms with Crippen LogP contribution in [0.4, 0.5) is 23.0 Å². The lowest BCUT2D eigenvalue weighted by atomic mass is 9.95. The summed E-state index contributed by atoms with van der Waals surface area (Å²) in [5.74, 6) is 1.32. The molecule has 1 aromatic heterocycles. The molecule has 1 aromatic carbocycles. The van der Waals surface area contributed by atoms with Crippen LogP contribution in [0.3, 0.4) is 0 Å². The van der Waals surface area contributed by atoms with E-state index in [0.717, 1.165) is 11.3 Å². The van der Waals surface area contributed by atoms with Crippen molar-refractivity contribution in [3.8, 4) is 0 Å². The zero-order chi connectivity index (χ0) is 16.2. The van der Waals surface area contributed by atoms with Crippen LogP contribution in [-0.4, -0.2) is 16.0 Å². The standard InChI is InChI=1S/C17H22ClN5/c1-11-9-12(18)7-8-14(11)23-17-15(19)16(20-10-21-17)22-13-5-3-2-4-6-13/h7-10,13H,2-6,19H2,1H3,(H2,20,21,22,23). The Hall–Kier alpha value is -2.01. The number of aryl methyl sites for hydroxylation is 1. The van der Waals surface area contributed by atoms with Gasteiger partial charge in [-0.15, -0.1) is 0 Å². The van der Waals surface area contributed by atoms with Crippen LogP contribution in [0.15, 0.2) is 24.5 Å². The van der Waals surface area contributed by atoms with Crippen molar-refractivity contribution in [2.24, 2.45) is 0 Å². The lowest BCUT2D eigenvalue weighted by Gasteiger charge is -2.24. The van der Waals surface area contributed by atoms with Crippen LogP contribution < -0.4 is 16.4 Å². The lowest BCUT2D eigenvalue weighted by Crippen LogP contribution is -2.23. The topological polar surface area (TPSA) is 75.9 Å². The van der Waals surface area contributed by atoms with Crippen molar-refractivity contribution in [3.63, 3.8) is 0 Å². The maximum atomic E-state index is 6.25. The molecular weight excluding hydrogens is 310 g/mol. The summed E-state index contributed by atoms with van der Waals surface area (Å²) >= 11 is 6.00. The van der Waals surface area contributed by atoms with Crippen molar-refractivity contribution >= 4 is 34.6 Å². The number of anilines is 4. The molecule has 4 N–H and O–H groups in total. The van der Waals surface area contributed by atoms with E-state index in [4.69, 9.17) is 17.3 Å². The van der Waals surface area contributed by atoms with Gasteiger partial charge in [0.05, 0.1) is 0 Å². The molecule has 1 heterocycles. The minimum Gasteiger partial charge on any atom is -0.393 e. The second-order valence-electron chi connectivity index (χ2n) is 6.05. The van der Waals surface area contributed by atoms with Gasteiger partial charge in [-0.3, -0.25) is 0 Å². The van der Waals surface area contributed by atoms with Crippen molar-refractivity contribution in [3.05, 3.63) is 35.1 Å². The zero-order valence-corrected chi connectivity index (χ0v) is 14.0. The SMILES string of the molecule is Cc1cc(Cl)ccc1Nc1ncnc(NC2CCCCC2)c1N. The van der Waals surface area contributed by atoms with Gasteiger partial charge >= 0.3 is 0 Å². The average Bonchev–Trinajstić information content (AvgIpc) is 2.54. The molecular formula is C17H22ClN5. The summed E-state index contributed by atoms with van der Waals surface area (Å²) in [4.78, 5) is 8.57. The molecule has 0 radical (unpaired) electrons. The van der Waals surface area contributed by atoms with E-state index in [1.807, 2.05) is 25.1 Å². The molecule has 0 unspecified atom stereocenters. The van der Waals surface area contributed by atoms with Crippen molar-refractivity contribution < 1.29 is 0 Å². The molecule has 1 aliphatic carbocycles. The van der Waals surface area contributed by atoms with Crippen molar-refractivity contribution in [2.75, 3.05) is 16.4 Å². The third-order valence-corrected chi connectivity index (χ3v) is 4.51. The molecule has 1 aliphatic rings. The van der Waals surface area contributed by atoms with Gasteiger partial charge in [-0.05, 0) is 43.5 Å². The van der Waals surface area contributed by atoms with Gasteiger partial charge in [-0.25, -0.2) is 9.97 Å². The number of hydrogen-bond acceptors (Lipinski definition) is 5. The monoisotopic (exact) mass is 331 g/mol. The molecule has 1 fully saturated rings. The Morgan fingerprint density at radius 1 is 1.13 bits per heavy atom. The van der Waals surface area contributed by atoms with Crippen LogP contribution in [0.25, 0.3) is 0 Å². The van der Waals surface area contributed by atoms with Gasteiger partial charge in [-0.1, -0.05) is 30.9 Å². The van der Waals surface area contributed by atoms with E-state index in [1.54, 1.807) is 0 Å². The Bertz CT molecular complexity index is 683. The molecule has 0 aliphatic heterocycles. The van der Waals surface area contributed by atoms with Gasteiger partial charge in [-0.2, -0.15) is 0 Å². The highest BCUT2D eigenvalue weighted by Gasteiger charge is 2.16. The number of aromatic nitrogens is 2. The van der Waals surface area contributed by atoms with E-state index < -0.39 is 0 Å². The first-order valence-electron chi connectivity index (χ1n) is 8.03. The highest BCUT2D eigenvalue weighted by atomic mass is 35.5. The minimum absolute atomic E-state index is 0.450. The largest absolute Gasteiger partial charge is 0.393 e. The van der Waals surface area contributed by atoms with Crippen LogP contribution in [-0.2, 0) is 0 Å². The van der Waals surface area contributed by atoms with Crippen molar-refractivity contribution in [1.29, 1.82) is 0 Å². The molecule has 0 amide bonds. The number of rotatable bonds is 4. The zero-order valence-electron chi connectivity index (χ0n) is 13.3. The van der Waals surface area contributed by atoms with Crippen LogP contribution in [0, 0.1) is 6.92 Å². The molecule has 23 heavy (non-hydrogen) atoms. The molecule has 0 spiro atoms. The molecule has 2 aromatic rings. The highest BCUT2D eigenvalue weighted by Crippen LogP contribution is 2.30. The van der Waals surface area contributed by atoms with Crippen LogP contribution >= 0.6 is 11.6 Å². The summed E-state index contributed by atoms with van der Waals surface area (Å²) in [7, 11) is 0. The first-order chi connectivity index (χ1) is 11.1. The van der Waals surface area contributed by atoms with Crippen molar-refractivity contribution in [1.82, 2.24) is 9.97 Å². The summed E-state index contributed by atoms with van der Waals surface area (Å²) in [6.45, 7) is 1.99. The molecule has 0 saturated heterocycles. The van der Waals surface area contributed by atoms with E-state index in [-0.39, 0.29) is 0 Å². The summed E-state index contributed by atoms with van der Waals surface area (Å²) in [5.41, 5.74) is 8.77. The van der Waals surface area contributed by atoms with Crippen LogP contribution in [0.1, 0.15) is 37.7 Å². The fourth-order valence-electron chi connectivity index (χ4n) is 2.95. The summed E-state index contributed by atoms with van der Waals surface area (Å²) in [5, 5.41) is 7.44. The molecule has 5 nitrogen and oxygen atoms in total. The first-order valence-corrected chi connectivity index (χ1v) is 8.41. The Kier molecular flexibility index (Phi) is 4.86. The van der Waals surface area contributed by atoms with Gasteiger partial charge < -0.3 is 16.4 Å². The minimum atomic E-state index is 0.450. The van der Waals surface area contributed by atoms with E-state index >= 15 is 0 Å². The van der Waals surface area contributed by atoms with Crippen LogP contribution in [0.2, 0.25) is 5.02 Å². The van der Waals surface area contributed by atoms with E-state index in [9.17, 15) is 0 Å². The number of nitrogens with one attached hydrogen (secondary N) is 2. The van der Waals surface area contributed by atoms with E-state index in [0.29, 0.717) is 28.4 Å². The van der Waals surface area contributed by atoms with Gasteiger partial charge in [0.2, 0.25) is 0 Å². The molecule has 0 bridgehead atoms. The summed E-state index contributed by atoms with van der Waals surface area (Å²) in [6.07, 6.45) is 7.72. The smallest absolute Gasteiger partial charge is 0.159 e. The van der Waals surface area contributed by atoms with E-state index in [1.165, 1.54) is 38.4 Å². The molecule has 0 atom stereocenters. The maximum absolute atomic E-state index is 6.25. The second-order valence-corrected chi connectivity index (χ2v) is 6.48. The van der Waals surface area contributed by atoms with Gasteiger partial charge in [0.1, 0.15) is 12.0 Å². The molecule has 3 rings (SSSR count). The Labute approximate surface area is 141 Å². The van der Waals surface area contributed by atoms with Gasteiger partial charge in [0.15, 0.2) is 11.6 Å². The van der Waals surface area contributed by atoms with E-state index in [2.05, 4.69) is 20.6 Å². The first kappa shape index (κ1) is 15.9. The van der Waals surface area contributed by atoms with Crippen LogP contribution in [0.5, 0.6) is 0 Å². The quantitative estimate of drug-likeness (QED) is 0.768. The van der Waals surface area contributed by atoms with Crippen molar-refractivity contribution in [2.45, 2.75) is 45.1 Å². The Balaban J connectivity index is 1.78. The van der Waals surface area contributed by atoms with Gasteiger partial charge in [0.25, 0.3) is 0 Å². The lowest BCUT2D eigenvalue weighted by molar-refractivity contribution is 0.462. The average molecular weight is 332 g/mol. The molecule has 122 valence electrons. The second kappa shape index (κ2) is 7.04. The number of nitrogens with two attached hydrogens (primary N) is 1. The predicted octanol–water partition coefficient (Wildman–Crippen LogP) is 4.51. The third-order valence-electron chi connectivity index (χ3n) is 4.27. The third kappa shape index (κ3) is 3.85. The summed E-state index contributed by atoms with van der Waals surface area (Å²) in [6, 6.07) is 6.12. The normalized spacial score (nSPS) is 15.4. The predicted molar refractivity (Wildman–Crippen MR) is 96.4 cm³/mol. The summed E-state index contributed by atoms with van der Waals surface area (Å²) < 4.78 is 0. The Morgan fingerprint density at radius 2 is 1.87 bits per heavy atom. The number of nitrogens with zero attached hydrogens (tertiary/aromatic N) is 2. The number of benzene rings is 1. The van der Waals surface area contributed by atoms with Gasteiger partial charge in [0, 0.05) is 16.8 Å². The fourth-order valence-corrected chi connectivity index (χ4v) is 3.17. The Morgan fingerprint density at radius 3 is 2.61 bits per heavy atom. The highest BCUT2D eigenvalue weighted by molar-refractivity contribution is 6.30. The molecule has 1 saturated carbocycles. The number of nitrogen functional groups attached to an aromatic ring is 1. The maximum Gasteiger partial charge on any atom is 0.159 e. The number of hydrogen-bond donors (Lipinski definition) is 3. The molecule has 6 heteroatoms. The fraction of sp³-hybridized carbons (Fsp3) is 0.412. The number of halogens is 1.